The smallest absolute Gasteiger partial charge is 0 e. The second kappa shape index (κ2) is 22.5. The first-order chi connectivity index (χ1) is 0. The zero-order chi connectivity index (χ0) is 0. The predicted molar refractivity (Wildman–Crippen MR) is 0 cm³/mol. The molecule has 0 aromatic carbocycles. The van der Waals surface area contributed by atoms with Gasteiger partial charge in [-0.1, -0.05) is 0 Å². The Hall–Kier alpha value is 5.97. The van der Waals surface area contributed by atoms with Crippen molar-refractivity contribution in [2.45, 2.75) is 0 Å². The third-order valence-electron chi connectivity index (χ3n) is 0. The van der Waals surface area contributed by atoms with Crippen LogP contribution in [0.1, 0.15) is 0 Å². The van der Waals surface area contributed by atoms with Crippen LogP contribution in [-0.2, 0) is 0 Å². The van der Waals surface area contributed by atoms with Gasteiger partial charge in [-0.25, -0.2) is 0 Å². The van der Waals surface area contributed by atoms with Crippen LogP contribution < -0.4 is 0 Å². The predicted octanol–water partition coefficient (Wildman–Crippen LogP) is 0. The van der Waals surface area contributed by atoms with Crippen molar-refractivity contribution in [3.63, 3.8) is 0 Å². The molecule has 5 radical (unpaired) electrons. The Labute approximate surface area is 172 Å². The summed E-state index contributed by atoms with van der Waals surface area (Å²) < 4.78 is 0. The van der Waals surface area contributed by atoms with Gasteiger partial charge in [-0.3, -0.25) is 0 Å². The Kier molecular flexibility index (Phi) is 138. The Morgan fingerprint density at radius 2 is 0.200 bits per heavy atom. The van der Waals surface area contributed by atoms with Crippen molar-refractivity contribution in [2.24, 2.45) is 0 Å². The van der Waals surface area contributed by atoms with Gasteiger partial charge in [0.25, 0.3) is 0 Å². The summed E-state index contributed by atoms with van der Waals surface area (Å²) in [6.45, 7) is 0. The minimum absolute atomic E-state index is 0. The summed E-state index contributed by atoms with van der Waals surface area (Å²) in [5.74, 6) is 0. The van der Waals surface area contributed by atoms with E-state index in [0.717, 1.165) is 0 Å². The SMILES string of the molecule is [La].[La].[La].[La].[La]. The van der Waals surface area contributed by atoms with Gasteiger partial charge < -0.3 is 0 Å². The average Bonchev–Trinajstić information content (AvgIpc) is 0. The van der Waals surface area contributed by atoms with Crippen molar-refractivity contribution in [3.05, 3.63) is 0 Å². The fraction of sp³-hybridized carbons (Fsp3) is 0. The van der Waals surface area contributed by atoms with Crippen molar-refractivity contribution >= 4 is 0 Å². The molecule has 15 valence electrons. The van der Waals surface area contributed by atoms with E-state index in [1.807, 2.05) is 0 Å². The first-order valence-electron chi connectivity index (χ1n) is 0. The molecule has 5 heavy (non-hydrogen) atoms. The zero-order valence-corrected chi connectivity index (χ0v) is 21.0. The van der Waals surface area contributed by atoms with Crippen molar-refractivity contribution in [1.29, 1.82) is 0 Å². The standard InChI is InChI=1S/5La. The maximum Gasteiger partial charge on any atom is 0 e. The van der Waals surface area contributed by atoms with Crippen molar-refractivity contribution < 1.29 is 178 Å². The summed E-state index contributed by atoms with van der Waals surface area (Å²) in [7, 11) is 0. The normalized spacial score (nSPS) is 0. The number of hydrogen-bond donors (Lipinski definition) is 0. The van der Waals surface area contributed by atoms with Crippen LogP contribution in [0.4, 0.5) is 0 Å². The van der Waals surface area contributed by atoms with Crippen LogP contribution in [0.3, 0.4) is 0 Å². The van der Waals surface area contributed by atoms with Gasteiger partial charge in [-0.2, -0.15) is 0 Å². The van der Waals surface area contributed by atoms with Gasteiger partial charge in [0.05, 0.1) is 0 Å². The van der Waals surface area contributed by atoms with Gasteiger partial charge >= 0.3 is 0 Å². The number of hydrogen-bond acceptors (Lipinski definition) is 0. The quantitative estimate of drug-likeness (QED) is 0.336. The van der Waals surface area contributed by atoms with Crippen LogP contribution >= 0.6 is 0 Å². The Morgan fingerprint density at radius 3 is 0.200 bits per heavy atom. The molecule has 0 unspecified atom stereocenters. The molecular formula is La5. The molecule has 0 nitrogen and oxygen atoms in total. The monoisotopic (exact) mass is 695 g/mol. The van der Waals surface area contributed by atoms with E-state index < -0.39 is 0 Å². The second-order valence-corrected chi connectivity index (χ2v) is 0. The zero-order valence-electron chi connectivity index (χ0n) is 2.89. The van der Waals surface area contributed by atoms with E-state index in [1.54, 1.807) is 0 Å². The maximum atomic E-state index is 0. The first-order valence-corrected chi connectivity index (χ1v) is 0. The van der Waals surface area contributed by atoms with Crippen LogP contribution in [0.5, 0.6) is 0 Å². The Morgan fingerprint density at radius 1 is 0.200 bits per heavy atom. The summed E-state index contributed by atoms with van der Waals surface area (Å²) in [6, 6.07) is 0. The summed E-state index contributed by atoms with van der Waals surface area (Å²) in [4.78, 5) is 0. The molecule has 0 saturated carbocycles. The van der Waals surface area contributed by atoms with Gasteiger partial charge in [-0.05, 0) is 0 Å². The van der Waals surface area contributed by atoms with Crippen molar-refractivity contribution in [2.75, 3.05) is 0 Å². The molecule has 0 aromatic rings. The summed E-state index contributed by atoms with van der Waals surface area (Å²) in [5.41, 5.74) is 0. The van der Waals surface area contributed by atoms with Crippen LogP contribution in [0.15, 0.2) is 0 Å². The van der Waals surface area contributed by atoms with Gasteiger partial charge in [0, 0.05) is 178 Å². The van der Waals surface area contributed by atoms with E-state index in [-0.39, 0.29) is 178 Å². The second-order valence-electron chi connectivity index (χ2n) is 0. The van der Waals surface area contributed by atoms with E-state index in [4.69, 9.17) is 0 Å². The molecular weight excluding hydrogens is 695 g/mol. The third kappa shape index (κ3) is 17.8. The molecule has 5 heteroatoms. The van der Waals surface area contributed by atoms with Crippen molar-refractivity contribution in [3.8, 4) is 0 Å². The molecule has 0 amide bonds. The minimum Gasteiger partial charge on any atom is 0 e. The van der Waals surface area contributed by atoms with E-state index in [0.29, 0.717) is 0 Å². The Bertz CT molecular complexity index is 0. The Balaban J connectivity index is 0. The van der Waals surface area contributed by atoms with Gasteiger partial charge in [-0.15, -0.1) is 0 Å². The van der Waals surface area contributed by atoms with E-state index in [1.165, 1.54) is 0 Å². The first kappa shape index (κ1) is 30.6. The van der Waals surface area contributed by atoms with Gasteiger partial charge in [0.15, 0.2) is 0 Å². The van der Waals surface area contributed by atoms with E-state index in [2.05, 4.69) is 0 Å². The fourth-order valence-electron chi connectivity index (χ4n) is 0. The molecule has 0 N–H and O–H groups in total. The molecule has 0 aliphatic rings. The summed E-state index contributed by atoms with van der Waals surface area (Å²) in [5, 5.41) is 0. The molecule has 0 fully saturated rings. The van der Waals surface area contributed by atoms with E-state index >= 15 is 0 Å². The van der Waals surface area contributed by atoms with Crippen LogP contribution in [0.25, 0.3) is 0 Å². The molecule has 0 bridgehead atoms. The van der Waals surface area contributed by atoms with E-state index in [9.17, 15) is 0 Å². The molecule has 0 aliphatic carbocycles. The molecule has 0 rings (SSSR count). The number of rotatable bonds is 0. The topological polar surface area (TPSA) is 0 Å². The summed E-state index contributed by atoms with van der Waals surface area (Å²) >= 11 is 0. The van der Waals surface area contributed by atoms with Crippen molar-refractivity contribution in [1.82, 2.24) is 0 Å². The molecule has 0 aliphatic heterocycles. The minimum atomic E-state index is 0. The fourth-order valence-corrected chi connectivity index (χ4v) is 0. The molecule has 0 saturated heterocycles. The third-order valence-corrected chi connectivity index (χ3v) is 0. The largest absolute Gasteiger partial charge is 0 e. The molecule has 0 heterocycles. The molecule has 0 aromatic heterocycles. The summed E-state index contributed by atoms with van der Waals surface area (Å²) in [6.07, 6.45) is 0. The van der Waals surface area contributed by atoms with Gasteiger partial charge in [0.1, 0.15) is 0 Å². The molecule has 0 spiro atoms. The van der Waals surface area contributed by atoms with Crippen LogP contribution in [0, 0.1) is 178 Å². The van der Waals surface area contributed by atoms with Gasteiger partial charge in [0.2, 0.25) is 0 Å². The van der Waals surface area contributed by atoms with Crippen LogP contribution in [-0.4, -0.2) is 0 Å². The molecule has 0 atom stereocenters. The van der Waals surface area contributed by atoms with Crippen LogP contribution in [0.2, 0.25) is 0 Å². The maximum absolute atomic E-state index is 0. The average molecular weight is 695 g/mol.